The normalized spacial score (nSPS) is 11.1. The molecule has 0 unspecified atom stereocenters. The maximum Gasteiger partial charge on any atom is 0.339 e. The molecule has 0 spiro atoms. The lowest BCUT2D eigenvalue weighted by Gasteiger charge is -2.23. The summed E-state index contributed by atoms with van der Waals surface area (Å²) in [5.74, 6) is -0.701. The summed E-state index contributed by atoms with van der Waals surface area (Å²) in [4.78, 5) is 25.2. The number of likely N-dealkylation sites (N-methyl/N-ethyl adjacent to an activating group) is 1. The van der Waals surface area contributed by atoms with Crippen LogP contribution < -0.4 is 4.90 Å². The highest BCUT2D eigenvalue weighted by Gasteiger charge is 2.20. The van der Waals surface area contributed by atoms with Crippen molar-refractivity contribution in [2.24, 2.45) is 0 Å². The van der Waals surface area contributed by atoms with Gasteiger partial charge >= 0.3 is 5.97 Å². The summed E-state index contributed by atoms with van der Waals surface area (Å²) in [6, 6.07) is 6.80. The Hall–Kier alpha value is -1.88. The van der Waals surface area contributed by atoms with Crippen LogP contribution in [0.2, 0.25) is 0 Å². The summed E-state index contributed by atoms with van der Waals surface area (Å²) < 4.78 is 10.2. The van der Waals surface area contributed by atoms with Gasteiger partial charge in [-0.3, -0.25) is 4.79 Å². The third-order valence-electron chi connectivity index (χ3n) is 2.67. The van der Waals surface area contributed by atoms with Crippen molar-refractivity contribution < 1.29 is 19.1 Å². The molecule has 0 aliphatic carbocycles. The van der Waals surface area contributed by atoms with Crippen molar-refractivity contribution in [3.05, 3.63) is 29.8 Å². The molecule has 0 saturated heterocycles. The van der Waals surface area contributed by atoms with Crippen LogP contribution in [0.15, 0.2) is 24.3 Å². The van der Waals surface area contributed by atoms with Gasteiger partial charge in [-0.05, 0) is 32.9 Å². The molecule has 0 saturated carbocycles. The van der Waals surface area contributed by atoms with Gasteiger partial charge < -0.3 is 14.4 Å². The molecule has 0 aromatic heterocycles. The summed E-state index contributed by atoms with van der Waals surface area (Å²) in [6.45, 7) is 5.59. The van der Waals surface area contributed by atoms with Gasteiger partial charge in [0.25, 0.3) is 5.91 Å². The highest BCUT2D eigenvalue weighted by atomic mass is 16.5. The number of amides is 1. The maximum atomic E-state index is 12.1. The number of rotatable bonds is 4. The fourth-order valence-electron chi connectivity index (χ4n) is 1.56. The predicted octanol–water partition coefficient (Wildman–Crippen LogP) is 2.25. The van der Waals surface area contributed by atoms with Gasteiger partial charge in [0.15, 0.2) is 0 Å². The van der Waals surface area contributed by atoms with E-state index in [1.165, 1.54) is 12.0 Å². The molecule has 0 heterocycles. The lowest BCUT2D eigenvalue weighted by atomic mass is 10.1. The molecule has 20 heavy (non-hydrogen) atoms. The minimum absolute atomic E-state index is 0.0461. The van der Waals surface area contributed by atoms with Crippen LogP contribution in [0.1, 0.15) is 31.1 Å². The number of hydrogen-bond donors (Lipinski definition) is 0. The topological polar surface area (TPSA) is 55.8 Å². The number of carbonyl (C=O) groups excluding carboxylic acids is 2. The monoisotopic (exact) mass is 279 g/mol. The first kappa shape index (κ1) is 16.2. The van der Waals surface area contributed by atoms with Crippen LogP contribution in [0.5, 0.6) is 0 Å². The molecule has 0 aliphatic rings. The summed E-state index contributed by atoms with van der Waals surface area (Å²) in [7, 11) is 2.92. The van der Waals surface area contributed by atoms with Crippen LogP contribution >= 0.6 is 0 Å². The number of ether oxygens (including phenoxy) is 2. The number of esters is 1. The molecule has 0 atom stereocenters. The lowest BCUT2D eigenvalue weighted by molar-refractivity contribution is -0.127. The van der Waals surface area contributed by atoms with E-state index in [-0.39, 0.29) is 12.5 Å². The van der Waals surface area contributed by atoms with E-state index < -0.39 is 11.6 Å². The molecule has 5 nitrogen and oxygen atoms in total. The average molecular weight is 279 g/mol. The molecule has 5 heteroatoms. The van der Waals surface area contributed by atoms with E-state index in [0.29, 0.717) is 11.3 Å². The van der Waals surface area contributed by atoms with Crippen molar-refractivity contribution in [3.8, 4) is 0 Å². The van der Waals surface area contributed by atoms with E-state index in [2.05, 4.69) is 0 Å². The third-order valence-corrected chi connectivity index (χ3v) is 2.67. The third kappa shape index (κ3) is 4.35. The number of hydrogen-bond acceptors (Lipinski definition) is 4. The number of para-hydroxylation sites is 1. The van der Waals surface area contributed by atoms with Gasteiger partial charge in [0, 0.05) is 7.05 Å². The second-order valence-corrected chi connectivity index (χ2v) is 5.36. The molecule has 0 fully saturated rings. The van der Waals surface area contributed by atoms with E-state index in [1.807, 2.05) is 20.8 Å². The first-order valence-corrected chi connectivity index (χ1v) is 6.34. The highest BCUT2D eigenvalue weighted by Crippen LogP contribution is 2.20. The van der Waals surface area contributed by atoms with Gasteiger partial charge in [-0.25, -0.2) is 4.79 Å². The number of benzene rings is 1. The molecule has 1 amide bonds. The predicted molar refractivity (Wildman–Crippen MR) is 76.9 cm³/mol. The Labute approximate surface area is 119 Å². The van der Waals surface area contributed by atoms with Crippen LogP contribution in [0, 0.1) is 0 Å². The smallest absolute Gasteiger partial charge is 0.339 e. The van der Waals surface area contributed by atoms with Gasteiger partial charge in [0.1, 0.15) is 6.61 Å². The molecular weight excluding hydrogens is 258 g/mol. The lowest BCUT2D eigenvalue weighted by Crippen LogP contribution is -2.34. The molecule has 1 aromatic rings. The quantitative estimate of drug-likeness (QED) is 0.793. The molecule has 1 aromatic carbocycles. The average Bonchev–Trinajstić information content (AvgIpc) is 2.42. The second kappa shape index (κ2) is 6.52. The Kier molecular flexibility index (Phi) is 5.27. The fraction of sp³-hybridized carbons (Fsp3) is 0.467. The first-order chi connectivity index (χ1) is 9.26. The highest BCUT2D eigenvalue weighted by molar-refractivity contribution is 6.02. The van der Waals surface area contributed by atoms with E-state index in [9.17, 15) is 9.59 Å². The van der Waals surface area contributed by atoms with Crippen molar-refractivity contribution in [2.45, 2.75) is 26.4 Å². The van der Waals surface area contributed by atoms with Crippen LogP contribution in [0.3, 0.4) is 0 Å². The van der Waals surface area contributed by atoms with Gasteiger partial charge in [0.05, 0.1) is 24.0 Å². The number of methoxy groups -OCH3 is 1. The minimum Gasteiger partial charge on any atom is -0.465 e. The van der Waals surface area contributed by atoms with Crippen LogP contribution in [-0.4, -0.2) is 38.2 Å². The summed E-state index contributed by atoms with van der Waals surface area (Å²) in [5, 5.41) is 0. The van der Waals surface area contributed by atoms with Crippen LogP contribution in [0.4, 0.5) is 5.69 Å². The number of nitrogens with zero attached hydrogens (tertiary/aromatic N) is 1. The molecule has 0 N–H and O–H groups in total. The van der Waals surface area contributed by atoms with E-state index in [1.54, 1.807) is 31.3 Å². The van der Waals surface area contributed by atoms with Crippen LogP contribution in [-0.2, 0) is 14.3 Å². The molecule has 0 radical (unpaired) electrons. The van der Waals surface area contributed by atoms with Gasteiger partial charge in [-0.15, -0.1) is 0 Å². The van der Waals surface area contributed by atoms with Gasteiger partial charge in [-0.1, -0.05) is 12.1 Å². The zero-order valence-electron chi connectivity index (χ0n) is 12.6. The number of anilines is 1. The second-order valence-electron chi connectivity index (χ2n) is 5.36. The molecule has 0 aliphatic heterocycles. The fourth-order valence-corrected chi connectivity index (χ4v) is 1.56. The first-order valence-electron chi connectivity index (χ1n) is 6.34. The van der Waals surface area contributed by atoms with Crippen molar-refractivity contribution in [2.75, 3.05) is 25.7 Å². The Bertz CT molecular complexity index is 491. The SMILES string of the molecule is COC(=O)c1ccccc1N(C)C(=O)COC(C)(C)C. The molecule has 1 rings (SSSR count). The van der Waals surface area contributed by atoms with E-state index >= 15 is 0 Å². The molecule has 0 bridgehead atoms. The minimum atomic E-state index is -0.475. The summed E-state index contributed by atoms with van der Waals surface area (Å²) in [6.07, 6.45) is 0. The molecule has 110 valence electrons. The Morgan fingerprint density at radius 1 is 1.20 bits per heavy atom. The van der Waals surface area contributed by atoms with E-state index in [0.717, 1.165) is 0 Å². The van der Waals surface area contributed by atoms with Crippen molar-refractivity contribution in [1.29, 1.82) is 0 Å². The maximum absolute atomic E-state index is 12.1. The summed E-state index contributed by atoms with van der Waals surface area (Å²) >= 11 is 0. The van der Waals surface area contributed by atoms with Gasteiger partial charge in [-0.2, -0.15) is 0 Å². The van der Waals surface area contributed by atoms with Gasteiger partial charge in [0.2, 0.25) is 0 Å². The van der Waals surface area contributed by atoms with Crippen molar-refractivity contribution in [3.63, 3.8) is 0 Å². The Balaban J connectivity index is 2.89. The molecular formula is C15H21NO4. The summed E-state index contributed by atoms with van der Waals surface area (Å²) in [5.41, 5.74) is 0.460. The Morgan fingerprint density at radius 3 is 2.35 bits per heavy atom. The van der Waals surface area contributed by atoms with E-state index in [4.69, 9.17) is 9.47 Å². The van der Waals surface area contributed by atoms with Crippen molar-refractivity contribution >= 4 is 17.6 Å². The van der Waals surface area contributed by atoms with Crippen LogP contribution in [0.25, 0.3) is 0 Å². The Morgan fingerprint density at radius 2 is 1.80 bits per heavy atom. The standard InChI is InChI=1S/C15H21NO4/c1-15(2,3)20-10-13(17)16(4)12-9-7-6-8-11(12)14(18)19-5/h6-9H,10H2,1-5H3. The zero-order valence-corrected chi connectivity index (χ0v) is 12.6. The largest absolute Gasteiger partial charge is 0.465 e. The van der Waals surface area contributed by atoms with Crippen molar-refractivity contribution in [1.82, 2.24) is 0 Å². The zero-order chi connectivity index (χ0) is 15.3. The number of carbonyl (C=O) groups is 2.